The Morgan fingerprint density at radius 2 is 2.00 bits per heavy atom. The van der Waals surface area contributed by atoms with Gasteiger partial charge in [0.25, 0.3) is 0 Å². The van der Waals surface area contributed by atoms with Crippen molar-refractivity contribution in [1.29, 1.82) is 0 Å². The van der Waals surface area contributed by atoms with Crippen LogP contribution in [0.25, 0.3) is 10.6 Å². The molecular weight excluding hydrogens is 310 g/mol. The summed E-state index contributed by atoms with van der Waals surface area (Å²) < 4.78 is 1.85. The molecule has 1 saturated carbocycles. The third-order valence-corrected chi connectivity index (χ3v) is 5.04. The normalized spacial score (nSPS) is 16.5. The Kier molecular flexibility index (Phi) is 4.76. The monoisotopic (exact) mass is 331 g/mol. The highest BCUT2D eigenvalue weighted by Crippen LogP contribution is 2.23. The topological polar surface area (TPSA) is 85.3 Å². The number of rotatable bonds is 3. The molecule has 0 bridgehead atoms. The van der Waals surface area contributed by atoms with Crippen LogP contribution in [0.4, 0.5) is 10.5 Å². The van der Waals surface area contributed by atoms with Crippen molar-refractivity contribution in [3.8, 4) is 10.6 Å². The van der Waals surface area contributed by atoms with E-state index in [0.717, 1.165) is 15.4 Å². The van der Waals surface area contributed by atoms with Crippen LogP contribution in [0.2, 0.25) is 0 Å². The van der Waals surface area contributed by atoms with Crippen LogP contribution < -0.4 is 15.9 Å². The van der Waals surface area contributed by atoms with E-state index >= 15 is 0 Å². The summed E-state index contributed by atoms with van der Waals surface area (Å²) in [7, 11) is 1.94. The first-order valence-corrected chi connectivity index (χ1v) is 8.68. The fourth-order valence-corrected chi connectivity index (χ4v) is 3.75. The number of carbonyl (C=O) groups is 1. The Bertz CT molecular complexity index is 741. The van der Waals surface area contributed by atoms with Gasteiger partial charge in [0.2, 0.25) is 4.80 Å². The minimum absolute atomic E-state index is 0.436. The van der Waals surface area contributed by atoms with Crippen LogP contribution >= 0.6 is 11.3 Å². The third-order valence-electron chi connectivity index (χ3n) is 3.97. The summed E-state index contributed by atoms with van der Waals surface area (Å²) in [6.45, 7) is 0. The summed E-state index contributed by atoms with van der Waals surface area (Å²) in [6, 6.07) is 7.36. The van der Waals surface area contributed by atoms with Gasteiger partial charge in [-0.1, -0.05) is 30.6 Å². The molecule has 0 aliphatic heterocycles. The molecule has 1 aliphatic carbocycles. The quantitative estimate of drug-likeness (QED) is 0.906. The summed E-state index contributed by atoms with van der Waals surface area (Å²) >= 11 is 1.60. The van der Waals surface area contributed by atoms with E-state index < -0.39 is 6.03 Å². The number of carbonyl (C=O) groups excluding carboxylic acids is 1. The molecular formula is C16H21N5OS. The molecule has 6 nitrogen and oxygen atoms in total. The summed E-state index contributed by atoms with van der Waals surface area (Å²) in [5.41, 5.74) is 6.79. The zero-order valence-electron chi connectivity index (χ0n) is 13.2. The SMILES string of the molecule is Cn1nc(-c2ccc(NC(N)=O)cc2)sc1=NC1CCCCC1. The first-order valence-electron chi connectivity index (χ1n) is 7.87. The molecule has 0 unspecified atom stereocenters. The highest BCUT2D eigenvalue weighted by molar-refractivity contribution is 7.12. The van der Waals surface area contributed by atoms with Crippen molar-refractivity contribution in [3.05, 3.63) is 29.1 Å². The molecule has 0 atom stereocenters. The second-order valence-corrected chi connectivity index (χ2v) is 6.76. The van der Waals surface area contributed by atoms with E-state index in [1.165, 1.54) is 32.1 Å². The van der Waals surface area contributed by atoms with Crippen LogP contribution in [0.5, 0.6) is 0 Å². The number of anilines is 1. The number of aryl methyl sites for hydroxylation is 1. The molecule has 0 saturated heterocycles. The lowest BCUT2D eigenvalue weighted by atomic mass is 9.96. The van der Waals surface area contributed by atoms with Crippen molar-refractivity contribution in [3.63, 3.8) is 0 Å². The first kappa shape index (κ1) is 15.7. The molecule has 2 aromatic rings. The summed E-state index contributed by atoms with van der Waals surface area (Å²) in [4.78, 5) is 16.7. The molecule has 1 aromatic carbocycles. The number of hydrogen-bond donors (Lipinski definition) is 2. The molecule has 1 fully saturated rings. The zero-order valence-corrected chi connectivity index (χ0v) is 14.0. The fourth-order valence-electron chi connectivity index (χ4n) is 2.78. The molecule has 0 radical (unpaired) electrons. The number of urea groups is 1. The number of nitrogens with two attached hydrogens (primary N) is 1. The highest BCUT2D eigenvalue weighted by Gasteiger charge is 2.13. The maximum Gasteiger partial charge on any atom is 0.316 e. The number of nitrogens with zero attached hydrogens (tertiary/aromatic N) is 3. The maximum absolute atomic E-state index is 10.8. The van der Waals surface area contributed by atoms with E-state index in [2.05, 4.69) is 10.4 Å². The third kappa shape index (κ3) is 3.98. The van der Waals surface area contributed by atoms with Crippen molar-refractivity contribution in [2.75, 3.05) is 5.32 Å². The summed E-state index contributed by atoms with van der Waals surface area (Å²) in [5.74, 6) is 0. The molecule has 7 heteroatoms. The van der Waals surface area contributed by atoms with Gasteiger partial charge in [-0.25, -0.2) is 9.48 Å². The first-order chi connectivity index (χ1) is 11.1. The zero-order chi connectivity index (χ0) is 16.2. The van der Waals surface area contributed by atoms with Gasteiger partial charge >= 0.3 is 6.03 Å². The Hall–Kier alpha value is -2.15. The van der Waals surface area contributed by atoms with E-state index in [0.29, 0.717) is 11.7 Å². The van der Waals surface area contributed by atoms with Crippen LogP contribution in [0, 0.1) is 0 Å². The van der Waals surface area contributed by atoms with Crippen LogP contribution in [0.15, 0.2) is 29.3 Å². The standard InChI is InChI=1S/C16H21N5OS/c1-21-16(19-12-5-3-2-4-6-12)23-14(20-21)11-7-9-13(10-8-11)18-15(17)22/h7-10,12H,2-6H2,1H3,(H3,17,18,22). The van der Waals surface area contributed by atoms with Crippen LogP contribution in [-0.2, 0) is 7.05 Å². The Labute approximate surface area is 139 Å². The highest BCUT2D eigenvalue weighted by atomic mass is 32.1. The minimum atomic E-state index is -0.563. The summed E-state index contributed by atoms with van der Waals surface area (Å²) in [5, 5.41) is 8.04. The molecule has 122 valence electrons. The van der Waals surface area contributed by atoms with Gasteiger partial charge in [-0.05, 0) is 37.1 Å². The van der Waals surface area contributed by atoms with Crippen LogP contribution in [0.1, 0.15) is 32.1 Å². The Balaban J connectivity index is 1.82. The van der Waals surface area contributed by atoms with Crippen molar-refractivity contribution < 1.29 is 4.79 Å². The van der Waals surface area contributed by atoms with Gasteiger partial charge in [-0.15, -0.1) is 0 Å². The molecule has 3 N–H and O–H groups in total. The van der Waals surface area contributed by atoms with Crippen LogP contribution in [0.3, 0.4) is 0 Å². The van der Waals surface area contributed by atoms with Gasteiger partial charge in [-0.2, -0.15) is 5.10 Å². The minimum Gasteiger partial charge on any atom is -0.351 e. The average Bonchev–Trinajstić information content (AvgIpc) is 2.89. The molecule has 23 heavy (non-hydrogen) atoms. The van der Waals surface area contributed by atoms with Crippen LogP contribution in [-0.4, -0.2) is 21.9 Å². The molecule has 1 aliphatic rings. The lowest BCUT2D eigenvalue weighted by Gasteiger charge is -2.16. The van der Waals surface area contributed by atoms with Gasteiger partial charge in [0.05, 0.1) is 6.04 Å². The van der Waals surface area contributed by atoms with E-state index in [1.54, 1.807) is 11.3 Å². The Morgan fingerprint density at radius 3 is 2.65 bits per heavy atom. The largest absolute Gasteiger partial charge is 0.351 e. The molecule has 0 spiro atoms. The predicted octanol–water partition coefficient (Wildman–Crippen LogP) is 2.87. The smallest absolute Gasteiger partial charge is 0.316 e. The molecule has 2 amide bonds. The lowest BCUT2D eigenvalue weighted by Crippen LogP contribution is -2.19. The van der Waals surface area contributed by atoms with Gasteiger partial charge in [0.1, 0.15) is 5.01 Å². The number of amides is 2. The van der Waals surface area contributed by atoms with Crippen molar-refractivity contribution >= 4 is 23.1 Å². The number of nitrogens with one attached hydrogen (secondary N) is 1. The average molecular weight is 331 g/mol. The van der Waals surface area contributed by atoms with Gasteiger partial charge in [0, 0.05) is 18.3 Å². The van der Waals surface area contributed by atoms with Crippen molar-refractivity contribution in [2.24, 2.45) is 17.8 Å². The van der Waals surface area contributed by atoms with Gasteiger partial charge in [-0.3, -0.25) is 4.99 Å². The van der Waals surface area contributed by atoms with E-state index in [9.17, 15) is 4.79 Å². The van der Waals surface area contributed by atoms with Gasteiger partial charge < -0.3 is 11.1 Å². The molecule has 3 rings (SSSR count). The van der Waals surface area contributed by atoms with Gasteiger partial charge in [0.15, 0.2) is 0 Å². The number of aromatic nitrogens is 2. The predicted molar refractivity (Wildman–Crippen MR) is 92.2 cm³/mol. The second-order valence-electron chi connectivity index (χ2n) is 5.80. The number of primary amides is 1. The Morgan fingerprint density at radius 1 is 1.30 bits per heavy atom. The van der Waals surface area contributed by atoms with E-state index in [4.69, 9.17) is 10.7 Å². The van der Waals surface area contributed by atoms with E-state index in [-0.39, 0.29) is 0 Å². The number of hydrogen-bond acceptors (Lipinski definition) is 4. The summed E-state index contributed by atoms with van der Waals surface area (Å²) in [6.07, 6.45) is 6.24. The van der Waals surface area contributed by atoms with Crippen molar-refractivity contribution in [2.45, 2.75) is 38.1 Å². The number of benzene rings is 1. The fraction of sp³-hybridized carbons (Fsp3) is 0.438. The van der Waals surface area contributed by atoms with Crippen molar-refractivity contribution in [1.82, 2.24) is 9.78 Å². The maximum atomic E-state index is 10.8. The second kappa shape index (κ2) is 6.95. The lowest BCUT2D eigenvalue weighted by molar-refractivity contribution is 0.259. The molecule has 1 heterocycles. The van der Waals surface area contributed by atoms with E-state index in [1.807, 2.05) is 36.0 Å². The molecule has 1 aromatic heterocycles.